The van der Waals surface area contributed by atoms with Gasteiger partial charge in [0.25, 0.3) is 0 Å². The first kappa shape index (κ1) is 39.8. The zero-order chi connectivity index (χ0) is 41.5. The third-order valence-electron chi connectivity index (χ3n) is 12.5. The summed E-state index contributed by atoms with van der Waals surface area (Å²) in [5.41, 5.74) is 5.69. The third-order valence-corrected chi connectivity index (χ3v) is 12.5. The highest BCUT2D eigenvalue weighted by Crippen LogP contribution is 2.50. The normalized spacial score (nSPS) is 21.5. The summed E-state index contributed by atoms with van der Waals surface area (Å²) >= 11 is 0. The van der Waals surface area contributed by atoms with Crippen LogP contribution < -0.4 is 10.6 Å². The molecule has 4 amide bonds. The molecular weight excluding hydrogens is 753 g/mol. The maximum atomic E-state index is 14.1. The second kappa shape index (κ2) is 16.4. The number of benzene rings is 3. The minimum atomic E-state index is -0.897. The fraction of sp³-hybridized carbons (Fsp3) is 0.455. The molecule has 5 aromatic rings. The van der Waals surface area contributed by atoms with Crippen molar-refractivity contribution in [2.75, 3.05) is 27.9 Å². The van der Waals surface area contributed by atoms with Gasteiger partial charge in [-0.3, -0.25) is 9.59 Å². The Bertz CT molecular complexity index is 2370. The predicted octanol–water partition coefficient (Wildman–Crippen LogP) is 6.63. The highest BCUT2D eigenvalue weighted by molar-refractivity contribution is 6.05. The summed E-state index contributed by atoms with van der Waals surface area (Å²) in [7, 11) is 4.09. The van der Waals surface area contributed by atoms with E-state index in [2.05, 4.69) is 69.1 Å². The standard InChI is InChI=1S/C44H52N8O7/c1-23(2)35(49-43(55)58-5)41(53)51-19-7-8-34(51)39-45-22-33(47-39)26-11-9-25(10-12-26)27-14-17-31-28(20-27)15-18-32-37(31)48-40(46-32)38-29-13-16-30(21-29)52(38)42(54)36(24(3)57-4)50-44(56)59-6/h9-12,14-15,17-18,20,22-24,29-30,34-36,38H,7-8,13,16,19,21H2,1-6H3,(H,45,47)(H,46,48)(H,49,55)(H,50,56)/t24-,29+,30-,34+,35?,36?,38+/m1/s1. The Hall–Kier alpha value is -5.96. The van der Waals surface area contributed by atoms with E-state index in [-0.39, 0.29) is 41.8 Å². The second-order valence-corrected chi connectivity index (χ2v) is 16.3. The number of aromatic nitrogens is 4. The molecule has 59 heavy (non-hydrogen) atoms. The summed E-state index contributed by atoms with van der Waals surface area (Å²) in [4.78, 5) is 72.5. The van der Waals surface area contributed by atoms with E-state index in [1.165, 1.54) is 21.3 Å². The lowest BCUT2D eigenvalue weighted by atomic mass is 9.97. The van der Waals surface area contributed by atoms with Crippen LogP contribution >= 0.6 is 0 Å². The van der Waals surface area contributed by atoms with Gasteiger partial charge in [0, 0.05) is 25.1 Å². The molecule has 2 bridgehead atoms. The number of nitrogens with one attached hydrogen (secondary N) is 4. The maximum Gasteiger partial charge on any atom is 0.407 e. The van der Waals surface area contributed by atoms with Crippen LogP contribution in [-0.2, 0) is 23.8 Å². The van der Waals surface area contributed by atoms with E-state index >= 15 is 0 Å². The average Bonchev–Trinajstić information content (AvgIpc) is 4.11. The number of piperidine rings is 1. The van der Waals surface area contributed by atoms with Crippen molar-refractivity contribution in [3.05, 3.63) is 72.4 Å². The number of carbonyl (C=O) groups is 4. The van der Waals surface area contributed by atoms with Crippen molar-refractivity contribution in [2.45, 2.75) is 89.2 Å². The predicted molar refractivity (Wildman–Crippen MR) is 221 cm³/mol. The number of H-pyrrole nitrogens is 2. The van der Waals surface area contributed by atoms with Crippen LogP contribution in [-0.4, -0.2) is 106 Å². The van der Waals surface area contributed by atoms with Gasteiger partial charge >= 0.3 is 12.2 Å². The first-order valence-electron chi connectivity index (χ1n) is 20.4. The van der Waals surface area contributed by atoms with Gasteiger partial charge in [0.05, 0.1) is 55.3 Å². The Labute approximate surface area is 342 Å². The number of amides is 4. The van der Waals surface area contributed by atoms with Crippen LogP contribution in [0.4, 0.5) is 9.59 Å². The van der Waals surface area contributed by atoms with E-state index in [0.29, 0.717) is 6.54 Å². The van der Waals surface area contributed by atoms with Crippen molar-refractivity contribution in [1.29, 1.82) is 0 Å². The van der Waals surface area contributed by atoms with Crippen molar-refractivity contribution in [1.82, 2.24) is 40.4 Å². The first-order chi connectivity index (χ1) is 28.5. The molecule has 4 heterocycles. The molecule has 3 aliphatic rings. The molecule has 2 saturated heterocycles. The van der Waals surface area contributed by atoms with Crippen molar-refractivity contribution in [2.24, 2.45) is 11.8 Å². The van der Waals surface area contributed by atoms with E-state index in [1.54, 1.807) is 13.1 Å². The van der Waals surface area contributed by atoms with Gasteiger partial charge in [0.2, 0.25) is 11.8 Å². The molecule has 2 aromatic heterocycles. The van der Waals surface area contributed by atoms with E-state index < -0.39 is 30.4 Å². The highest BCUT2D eigenvalue weighted by Gasteiger charge is 2.52. The number of fused-ring (bicyclic) bond motifs is 5. The molecule has 310 valence electrons. The van der Waals surface area contributed by atoms with Gasteiger partial charge in [0.1, 0.15) is 23.7 Å². The number of ether oxygens (including phenoxy) is 3. The smallest absolute Gasteiger partial charge is 0.407 e. The van der Waals surface area contributed by atoms with Gasteiger partial charge in [-0.05, 0) is 85.1 Å². The van der Waals surface area contributed by atoms with Crippen LogP contribution in [0.25, 0.3) is 44.2 Å². The Morgan fingerprint density at radius 2 is 1.51 bits per heavy atom. The van der Waals surface area contributed by atoms with E-state index in [9.17, 15) is 19.2 Å². The molecule has 8 rings (SSSR count). The van der Waals surface area contributed by atoms with Crippen LogP contribution in [0.1, 0.15) is 76.6 Å². The quantitative estimate of drug-likeness (QED) is 0.114. The summed E-state index contributed by atoms with van der Waals surface area (Å²) in [6, 6.07) is 16.8. The topological polar surface area (TPSA) is 184 Å². The fourth-order valence-corrected chi connectivity index (χ4v) is 9.35. The molecule has 3 fully saturated rings. The minimum absolute atomic E-state index is 0.0619. The number of hydrogen-bond donors (Lipinski definition) is 4. The molecule has 2 aliphatic heterocycles. The van der Waals surface area contributed by atoms with Crippen LogP contribution in [0.5, 0.6) is 0 Å². The molecule has 3 aromatic carbocycles. The van der Waals surface area contributed by atoms with Gasteiger partial charge in [0.15, 0.2) is 0 Å². The number of carbonyl (C=O) groups excluding carboxylic acids is 4. The van der Waals surface area contributed by atoms with E-state index in [1.807, 2.05) is 29.7 Å². The average molecular weight is 805 g/mol. The van der Waals surface area contributed by atoms with Crippen molar-refractivity contribution in [3.8, 4) is 22.4 Å². The SMILES string of the molecule is COC(=O)NC(C(=O)N1CCC[C@H]1c1ncc(-c2ccc(-c3ccc4c(ccc5[nH]c([C@@H]6[C@H]7CC[C@H](C7)N6C(=O)C(NC(=O)OC)[C@@H](C)OC)nc54)c3)cc2)[nH]1)C(C)C. The summed E-state index contributed by atoms with van der Waals surface area (Å²) in [6.45, 7) is 6.16. The summed E-state index contributed by atoms with van der Waals surface area (Å²) in [5, 5.41) is 7.45. The number of rotatable bonds is 11. The van der Waals surface area contributed by atoms with Gasteiger partial charge in [-0.25, -0.2) is 19.6 Å². The number of likely N-dealkylation sites (tertiary alicyclic amines) is 2. The molecular formula is C44H52N8O7. The number of aromatic amines is 2. The van der Waals surface area contributed by atoms with Gasteiger partial charge in [-0.15, -0.1) is 0 Å². The lowest BCUT2D eigenvalue weighted by Gasteiger charge is -2.37. The Kier molecular flexibility index (Phi) is 11.0. The molecule has 7 atom stereocenters. The number of alkyl carbamates (subject to hydrolysis) is 2. The van der Waals surface area contributed by atoms with Gasteiger partial charge < -0.3 is 44.6 Å². The largest absolute Gasteiger partial charge is 0.453 e. The van der Waals surface area contributed by atoms with Crippen LogP contribution in [0.15, 0.2) is 60.8 Å². The number of hydrogen-bond acceptors (Lipinski definition) is 9. The van der Waals surface area contributed by atoms with Crippen LogP contribution in [0.2, 0.25) is 0 Å². The Balaban J connectivity index is 1.00. The lowest BCUT2D eigenvalue weighted by Crippen LogP contribution is -2.56. The summed E-state index contributed by atoms with van der Waals surface area (Å²) in [5.74, 6) is 1.28. The molecule has 1 saturated carbocycles. The summed E-state index contributed by atoms with van der Waals surface area (Å²) < 4.78 is 15.1. The van der Waals surface area contributed by atoms with Crippen LogP contribution in [0.3, 0.4) is 0 Å². The maximum absolute atomic E-state index is 14.1. The number of nitrogens with zero attached hydrogens (tertiary/aromatic N) is 4. The molecule has 4 N–H and O–H groups in total. The zero-order valence-electron chi connectivity index (χ0n) is 34.3. The van der Waals surface area contributed by atoms with Crippen molar-refractivity contribution >= 4 is 45.8 Å². The Morgan fingerprint density at radius 3 is 2.22 bits per heavy atom. The highest BCUT2D eigenvalue weighted by atomic mass is 16.5. The van der Waals surface area contributed by atoms with Gasteiger partial charge in [-0.1, -0.05) is 56.3 Å². The zero-order valence-corrected chi connectivity index (χ0v) is 34.3. The number of imidazole rings is 2. The third kappa shape index (κ3) is 7.47. The number of methoxy groups -OCH3 is 3. The van der Waals surface area contributed by atoms with Gasteiger partial charge in [-0.2, -0.15) is 0 Å². The van der Waals surface area contributed by atoms with Crippen LogP contribution in [0, 0.1) is 11.8 Å². The molecule has 2 unspecified atom stereocenters. The minimum Gasteiger partial charge on any atom is -0.453 e. The van der Waals surface area contributed by atoms with E-state index in [4.69, 9.17) is 24.2 Å². The van der Waals surface area contributed by atoms with Crippen molar-refractivity contribution in [3.63, 3.8) is 0 Å². The molecule has 0 spiro atoms. The Morgan fingerprint density at radius 1 is 0.797 bits per heavy atom. The lowest BCUT2D eigenvalue weighted by molar-refractivity contribution is -0.141. The van der Waals surface area contributed by atoms with Crippen molar-refractivity contribution < 1.29 is 33.4 Å². The molecule has 15 nitrogen and oxygen atoms in total. The monoisotopic (exact) mass is 804 g/mol. The molecule has 0 radical (unpaired) electrons. The van der Waals surface area contributed by atoms with E-state index in [0.717, 1.165) is 87.9 Å². The second-order valence-electron chi connectivity index (χ2n) is 16.3. The summed E-state index contributed by atoms with van der Waals surface area (Å²) in [6.07, 6.45) is 4.37. The molecule has 1 aliphatic carbocycles. The fourth-order valence-electron chi connectivity index (χ4n) is 9.35. The first-order valence-corrected chi connectivity index (χ1v) is 20.4. The molecule has 15 heteroatoms.